The van der Waals surface area contributed by atoms with E-state index in [4.69, 9.17) is 0 Å². The maximum absolute atomic E-state index is 11.6. The summed E-state index contributed by atoms with van der Waals surface area (Å²) in [7, 11) is 0. The molecule has 0 fully saturated rings. The lowest BCUT2D eigenvalue weighted by Gasteiger charge is -2.21. The quantitative estimate of drug-likeness (QED) is 0.854. The fourth-order valence-corrected chi connectivity index (χ4v) is 2.57. The van der Waals surface area contributed by atoms with E-state index in [1.165, 1.54) is 23.2 Å². The Hall–Kier alpha value is -1.51. The number of nitrogens with one attached hydrogen (secondary N) is 2. The standard InChI is InChI=1S/C16H24N2O/c1-12(2)11-15(19)17-10-8-14-6-3-5-13-7-4-9-18-16(13)14/h3,5-6,12,18H,4,7-11H2,1-2H3,(H,17,19). The van der Waals surface area contributed by atoms with Gasteiger partial charge in [-0.05, 0) is 36.3 Å². The Labute approximate surface area is 115 Å². The third-order valence-corrected chi connectivity index (χ3v) is 3.47. The molecule has 0 saturated carbocycles. The summed E-state index contributed by atoms with van der Waals surface area (Å²) in [5.74, 6) is 0.582. The van der Waals surface area contributed by atoms with Gasteiger partial charge in [-0.15, -0.1) is 0 Å². The van der Waals surface area contributed by atoms with Gasteiger partial charge in [0, 0.05) is 25.2 Å². The molecular formula is C16H24N2O. The Morgan fingerprint density at radius 1 is 1.42 bits per heavy atom. The van der Waals surface area contributed by atoms with Crippen molar-refractivity contribution < 1.29 is 4.79 Å². The zero-order valence-corrected chi connectivity index (χ0v) is 12.0. The maximum atomic E-state index is 11.6. The first-order valence-corrected chi connectivity index (χ1v) is 7.28. The summed E-state index contributed by atoms with van der Waals surface area (Å²) in [5.41, 5.74) is 4.03. The third-order valence-electron chi connectivity index (χ3n) is 3.47. The lowest BCUT2D eigenvalue weighted by molar-refractivity contribution is -0.121. The zero-order chi connectivity index (χ0) is 13.7. The lowest BCUT2D eigenvalue weighted by atomic mass is 9.98. The number of fused-ring (bicyclic) bond motifs is 1. The molecule has 3 nitrogen and oxygen atoms in total. The number of carbonyl (C=O) groups is 1. The Bertz CT molecular complexity index is 440. The van der Waals surface area contributed by atoms with E-state index in [0.29, 0.717) is 12.3 Å². The molecule has 0 unspecified atom stereocenters. The summed E-state index contributed by atoms with van der Waals surface area (Å²) >= 11 is 0. The van der Waals surface area contributed by atoms with E-state index < -0.39 is 0 Å². The van der Waals surface area contributed by atoms with Gasteiger partial charge in [-0.3, -0.25) is 4.79 Å². The molecule has 0 radical (unpaired) electrons. The predicted octanol–water partition coefficient (Wildman–Crippen LogP) is 2.75. The summed E-state index contributed by atoms with van der Waals surface area (Å²) in [4.78, 5) is 11.6. The van der Waals surface area contributed by atoms with Crippen LogP contribution in [0.3, 0.4) is 0 Å². The molecule has 2 rings (SSSR count). The topological polar surface area (TPSA) is 41.1 Å². The SMILES string of the molecule is CC(C)CC(=O)NCCc1cccc2c1NCCC2. The van der Waals surface area contributed by atoms with Gasteiger partial charge in [-0.2, -0.15) is 0 Å². The summed E-state index contributed by atoms with van der Waals surface area (Å²) in [5, 5.41) is 6.49. The van der Waals surface area contributed by atoms with Gasteiger partial charge in [-0.1, -0.05) is 32.0 Å². The number of amides is 1. The molecule has 104 valence electrons. The van der Waals surface area contributed by atoms with E-state index in [1.54, 1.807) is 0 Å². The van der Waals surface area contributed by atoms with Crippen LogP contribution in [0.4, 0.5) is 5.69 Å². The monoisotopic (exact) mass is 260 g/mol. The van der Waals surface area contributed by atoms with E-state index in [-0.39, 0.29) is 5.91 Å². The second kappa shape index (κ2) is 6.60. The fourth-order valence-electron chi connectivity index (χ4n) is 2.57. The van der Waals surface area contributed by atoms with Crippen LogP contribution in [-0.2, 0) is 17.6 Å². The van der Waals surface area contributed by atoms with Crippen LogP contribution in [0.15, 0.2) is 18.2 Å². The molecular weight excluding hydrogens is 236 g/mol. The second-order valence-electron chi connectivity index (χ2n) is 5.68. The van der Waals surface area contributed by atoms with Gasteiger partial charge < -0.3 is 10.6 Å². The Balaban J connectivity index is 1.88. The van der Waals surface area contributed by atoms with Crippen LogP contribution >= 0.6 is 0 Å². The van der Waals surface area contributed by atoms with Crippen molar-refractivity contribution in [1.82, 2.24) is 5.32 Å². The van der Waals surface area contributed by atoms with Crippen molar-refractivity contribution in [3.8, 4) is 0 Å². The highest BCUT2D eigenvalue weighted by Crippen LogP contribution is 2.26. The molecule has 0 saturated heterocycles. The van der Waals surface area contributed by atoms with Crippen molar-refractivity contribution in [1.29, 1.82) is 0 Å². The molecule has 1 aliphatic heterocycles. The molecule has 0 atom stereocenters. The zero-order valence-electron chi connectivity index (χ0n) is 12.0. The van der Waals surface area contributed by atoms with E-state index in [2.05, 4.69) is 42.7 Å². The van der Waals surface area contributed by atoms with Gasteiger partial charge in [-0.25, -0.2) is 0 Å². The number of para-hydroxylation sites is 1. The van der Waals surface area contributed by atoms with Crippen molar-refractivity contribution in [2.75, 3.05) is 18.4 Å². The second-order valence-corrected chi connectivity index (χ2v) is 5.68. The molecule has 1 aromatic rings. The van der Waals surface area contributed by atoms with Crippen LogP contribution < -0.4 is 10.6 Å². The molecule has 1 aliphatic rings. The number of rotatable bonds is 5. The Kier molecular flexibility index (Phi) is 4.83. The summed E-state index contributed by atoms with van der Waals surface area (Å²) in [6.45, 7) is 5.92. The molecule has 0 bridgehead atoms. The lowest BCUT2D eigenvalue weighted by Crippen LogP contribution is -2.27. The van der Waals surface area contributed by atoms with Crippen molar-refractivity contribution in [3.63, 3.8) is 0 Å². The summed E-state index contributed by atoms with van der Waals surface area (Å²) in [6, 6.07) is 6.48. The molecule has 3 heteroatoms. The molecule has 1 amide bonds. The minimum atomic E-state index is 0.160. The summed E-state index contributed by atoms with van der Waals surface area (Å²) in [6.07, 6.45) is 3.89. The van der Waals surface area contributed by atoms with Crippen molar-refractivity contribution in [3.05, 3.63) is 29.3 Å². The Morgan fingerprint density at radius 3 is 3.05 bits per heavy atom. The van der Waals surface area contributed by atoms with E-state index in [1.807, 2.05) is 0 Å². The minimum Gasteiger partial charge on any atom is -0.385 e. The highest BCUT2D eigenvalue weighted by atomic mass is 16.1. The molecule has 1 heterocycles. The van der Waals surface area contributed by atoms with Crippen molar-refractivity contribution in [2.45, 2.75) is 39.5 Å². The first-order chi connectivity index (χ1) is 9.16. The minimum absolute atomic E-state index is 0.160. The largest absolute Gasteiger partial charge is 0.385 e. The number of benzene rings is 1. The highest BCUT2D eigenvalue weighted by molar-refractivity contribution is 5.76. The number of hydrogen-bond acceptors (Lipinski definition) is 2. The van der Waals surface area contributed by atoms with Gasteiger partial charge in [0.25, 0.3) is 0 Å². The molecule has 2 N–H and O–H groups in total. The van der Waals surface area contributed by atoms with Gasteiger partial charge >= 0.3 is 0 Å². The summed E-state index contributed by atoms with van der Waals surface area (Å²) < 4.78 is 0. The van der Waals surface area contributed by atoms with Crippen LogP contribution in [0.2, 0.25) is 0 Å². The first-order valence-electron chi connectivity index (χ1n) is 7.28. The average Bonchev–Trinajstić information content (AvgIpc) is 2.38. The van der Waals surface area contributed by atoms with Crippen molar-refractivity contribution in [2.24, 2.45) is 5.92 Å². The molecule has 0 aliphatic carbocycles. The van der Waals surface area contributed by atoms with Crippen LogP contribution in [0, 0.1) is 5.92 Å². The molecule has 0 spiro atoms. The van der Waals surface area contributed by atoms with Crippen LogP contribution in [-0.4, -0.2) is 19.0 Å². The smallest absolute Gasteiger partial charge is 0.220 e. The van der Waals surface area contributed by atoms with Crippen LogP contribution in [0.1, 0.15) is 37.8 Å². The van der Waals surface area contributed by atoms with Gasteiger partial charge in [0.05, 0.1) is 0 Å². The molecule has 1 aromatic carbocycles. The third kappa shape index (κ3) is 3.98. The van der Waals surface area contributed by atoms with E-state index in [9.17, 15) is 4.79 Å². The van der Waals surface area contributed by atoms with Crippen LogP contribution in [0.25, 0.3) is 0 Å². The molecule has 0 aromatic heterocycles. The maximum Gasteiger partial charge on any atom is 0.220 e. The molecule has 19 heavy (non-hydrogen) atoms. The van der Waals surface area contributed by atoms with E-state index in [0.717, 1.165) is 25.9 Å². The van der Waals surface area contributed by atoms with E-state index >= 15 is 0 Å². The van der Waals surface area contributed by atoms with Gasteiger partial charge in [0.1, 0.15) is 0 Å². The van der Waals surface area contributed by atoms with Crippen molar-refractivity contribution >= 4 is 11.6 Å². The number of hydrogen-bond donors (Lipinski definition) is 2. The number of carbonyl (C=O) groups excluding carboxylic acids is 1. The fraction of sp³-hybridized carbons (Fsp3) is 0.562. The van der Waals surface area contributed by atoms with Gasteiger partial charge in [0.15, 0.2) is 0 Å². The van der Waals surface area contributed by atoms with Gasteiger partial charge in [0.2, 0.25) is 5.91 Å². The normalized spacial score (nSPS) is 13.8. The van der Waals surface area contributed by atoms with Crippen LogP contribution in [0.5, 0.6) is 0 Å². The predicted molar refractivity (Wildman–Crippen MR) is 79.4 cm³/mol. The average molecular weight is 260 g/mol. The highest BCUT2D eigenvalue weighted by Gasteiger charge is 2.12. The number of anilines is 1. The number of aryl methyl sites for hydroxylation is 1. The first kappa shape index (κ1) is 13.9. The Morgan fingerprint density at radius 2 is 2.26 bits per heavy atom.